The van der Waals surface area contributed by atoms with E-state index in [1.54, 1.807) is 4.90 Å². The second kappa shape index (κ2) is 5.59. The van der Waals surface area contributed by atoms with E-state index in [2.05, 4.69) is 12.2 Å². The van der Waals surface area contributed by atoms with Gasteiger partial charge in [-0.05, 0) is 31.6 Å². The van der Waals surface area contributed by atoms with E-state index in [9.17, 15) is 9.59 Å². The molecule has 3 atom stereocenters. The Hall–Kier alpha value is -1.26. The number of carbonyl (C=O) groups excluding carboxylic acids is 1. The zero-order valence-corrected chi connectivity index (χ0v) is 10.9. The molecule has 0 aromatic rings. The summed E-state index contributed by atoms with van der Waals surface area (Å²) >= 11 is 0. The number of aliphatic carboxylic acids is 1. The van der Waals surface area contributed by atoms with Crippen molar-refractivity contribution in [3.63, 3.8) is 0 Å². The van der Waals surface area contributed by atoms with Crippen molar-refractivity contribution in [2.24, 2.45) is 11.8 Å². The lowest BCUT2D eigenvalue weighted by atomic mass is 9.98. The van der Waals surface area contributed by atoms with Crippen molar-refractivity contribution in [3.8, 4) is 0 Å². The summed E-state index contributed by atoms with van der Waals surface area (Å²) < 4.78 is 0. The molecule has 0 bridgehead atoms. The minimum absolute atomic E-state index is 0.0836. The van der Waals surface area contributed by atoms with Crippen LogP contribution >= 0.6 is 0 Å². The number of carbonyl (C=O) groups is 2. The molecule has 1 aliphatic carbocycles. The molecule has 18 heavy (non-hydrogen) atoms. The molecule has 102 valence electrons. The van der Waals surface area contributed by atoms with E-state index >= 15 is 0 Å². The summed E-state index contributed by atoms with van der Waals surface area (Å²) in [6.45, 7) is 3.19. The summed E-state index contributed by atoms with van der Waals surface area (Å²) in [4.78, 5) is 24.7. The van der Waals surface area contributed by atoms with Crippen LogP contribution in [0.2, 0.25) is 0 Å². The number of likely N-dealkylation sites (tertiary alicyclic amines) is 1. The van der Waals surface area contributed by atoms with E-state index in [0.717, 1.165) is 12.8 Å². The number of amides is 2. The first kappa shape index (κ1) is 13.2. The van der Waals surface area contributed by atoms with Crippen molar-refractivity contribution in [1.29, 1.82) is 0 Å². The van der Waals surface area contributed by atoms with Crippen molar-refractivity contribution in [3.05, 3.63) is 0 Å². The molecule has 5 heteroatoms. The molecule has 2 rings (SSSR count). The number of nitrogens with zero attached hydrogens (tertiary/aromatic N) is 1. The lowest BCUT2D eigenvalue weighted by molar-refractivity contribution is -0.143. The third kappa shape index (κ3) is 2.94. The highest BCUT2D eigenvalue weighted by molar-refractivity contribution is 5.76. The van der Waals surface area contributed by atoms with Crippen LogP contribution < -0.4 is 5.32 Å². The maximum Gasteiger partial charge on any atom is 0.317 e. The van der Waals surface area contributed by atoms with Crippen molar-refractivity contribution < 1.29 is 14.7 Å². The van der Waals surface area contributed by atoms with Gasteiger partial charge in [-0.1, -0.05) is 13.3 Å². The van der Waals surface area contributed by atoms with Crippen molar-refractivity contribution in [2.45, 2.75) is 45.1 Å². The zero-order valence-electron chi connectivity index (χ0n) is 10.9. The summed E-state index contributed by atoms with van der Waals surface area (Å²) in [5.41, 5.74) is 0. The van der Waals surface area contributed by atoms with E-state index < -0.39 is 11.9 Å². The second-order valence-corrected chi connectivity index (χ2v) is 5.59. The molecule has 0 aromatic carbocycles. The zero-order chi connectivity index (χ0) is 13.1. The average Bonchev–Trinajstić information content (AvgIpc) is 2.75. The molecule has 0 aromatic heterocycles. The second-order valence-electron chi connectivity index (χ2n) is 5.59. The third-order valence-electron chi connectivity index (χ3n) is 4.23. The first-order valence-corrected chi connectivity index (χ1v) is 6.86. The summed E-state index contributed by atoms with van der Waals surface area (Å²) in [6.07, 6.45) is 4.85. The van der Waals surface area contributed by atoms with E-state index in [-0.39, 0.29) is 12.1 Å². The Morgan fingerprint density at radius 1 is 1.22 bits per heavy atom. The van der Waals surface area contributed by atoms with Crippen LogP contribution in [0.5, 0.6) is 0 Å². The lowest BCUT2D eigenvalue weighted by Gasteiger charge is -2.32. The Morgan fingerprint density at radius 2 is 2.00 bits per heavy atom. The molecule has 1 heterocycles. The average molecular weight is 254 g/mol. The molecule has 1 aliphatic heterocycles. The van der Waals surface area contributed by atoms with Gasteiger partial charge in [0.2, 0.25) is 0 Å². The molecule has 2 N–H and O–H groups in total. The highest BCUT2D eigenvalue weighted by Crippen LogP contribution is 2.25. The van der Waals surface area contributed by atoms with Gasteiger partial charge in [0.1, 0.15) is 0 Å². The number of carboxylic acid groups (broad SMARTS) is 1. The number of piperidine rings is 1. The van der Waals surface area contributed by atoms with Gasteiger partial charge in [0, 0.05) is 19.1 Å². The number of rotatable bonds is 2. The van der Waals surface area contributed by atoms with Gasteiger partial charge in [-0.3, -0.25) is 4.79 Å². The third-order valence-corrected chi connectivity index (χ3v) is 4.23. The summed E-state index contributed by atoms with van der Waals surface area (Å²) in [5.74, 6) is -0.652. The van der Waals surface area contributed by atoms with Crippen LogP contribution in [0.25, 0.3) is 0 Å². The Balaban J connectivity index is 1.86. The summed E-state index contributed by atoms with van der Waals surface area (Å²) in [7, 11) is 0. The Morgan fingerprint density at radius 3 is 2.61 bits per heavy atom. The molecule has 0 spiro atoms. The molecular formula is C13H22N2O3. The van der Waals surface area contributed by atoms with E-state index in [1.807, 2.05) is 0 Å². The Kier molecular flexibility index (Phi) is 4.09. The SMILES string of the molecule is CC1CCCC1NC(=O)N1CCC[C@@H](C(=O)O)C1. The van der Waals surface area contributed by atoms with Crippen molar-refractivity contribution in [2.75, 3.05) is 13.1 Å². The van der Waals surface area contributed by atoms with Crippen LogP contribution in [0.4, 0.5) is 4.79 Å². The number of hydrogen-bond donors (Lipinski definition) is 2. The van der Waals surface area contributed by atoms with Crippen molar-refractivity contribution >= 4 is 12.0 Å². The fraction of sp³-hybridized carbons (Fsp3) is 0.846. The smallest absolute Gasteiger partial charge is 0.317 e. The molecule has 1 saturated carbocycles. The maximum absolute atomic E-state index is 12.1. The number of carboxylic acids is 1. The highest BCUT2D eigenvalue weighted by Gasteiger charge is 2.31. The fourth-order valence-electron chi connectivity index (χ4n) is 2.97. The number of hydrogen-bond acceptors (Lipinski definition) is 2. The van der Waals surface area contributed by atoms with E-state index in [0.29, 0.717) is 25.4 Å². The number of nitrogens with one attached hydrogen (secondary N) is 1. The summed E-state index contributed by atoms with van der Waals surface area (Å²) in [6, 6.07) is 0.183. The predicted octanol–water partition coefficient (Wildman–Crippen LogP) is 1.68. The Bertz CT molecular complexity index is 332. The number of urea groups is 1. The van der Waals surface area contributed by atoms with Crippen LogP contribution in [-0.4, -0.2) is 41.1 Å². The molecule has 5 nitrogen and oxygen atoms in total. The van der Waals surface area contributed by atoms with Gasteiger partial charge >= 0.3 is 12.0 Å². The van der Waals surface area contributed by atoms with Gasteiger partial charge in [0.05, 0.1) is 5.92 Å². The molecular weight excluding hydrogens is 232 g/mol. The molecule has 2 aliphatic rings. The standard InChI is InChI=1S/C13H22N2O3/c1-9-4-2-6-11(9)14-13(18)15-7-3-5-10(8-15)12(16)17/h9-11H,2-8H2,1H3,(H,14,18)(H,16,17)/t9?,10-,11?/m1/s1. The molecule has 2 fully saturated rings. The lowest BCUT2D eigenvalue weighted by Crippen LogP contribution is -2.50. The quantitative estimate of drug-likeness (QED) is 0.787. The maximum atomic E-state index is 12.1. The van der Waals surface area contributed by atoms with Gasteiger partial charge in [-0.2, -0.15) is 0 Å². The molecule has 2 unspecified atom stereocenters. The van der Waals surface area contributed by atoms with Gasteiger partial charge < -0.3 is 15.3 Å². The van der Waals surface area contributed by atoms with Crippen LogP contribution in [-0.2, 0) is 4.79 Å². The minimum atomic E-state index is -0.790. The predicted molar refractivity (Wildman–Crippen MR) is 67.3 cm³/mol. The topological polar surface area (TPSA) is 69.6 Å². The van der Waals surface area contributed by atoms with Crippen molar-refractivity contribution in [1.82, 2.24) is 10.2 Å². The van der Waals surface area contributed by atoms with Gasteiger partial charge in [-0.15, -0.1) is 0 Å². The molecule has 2 amide bonds. The summed E-state index contributed by atoms with van der Waals surface area (Å²) in [5, 5.41) is 12.1. The Labute approximate surface area is 108 Å². The normalized spacial score (nSPS) is 32.3. The van der Waals surface area contributed by atoms with Gasteiger partial charge in [0.15, 0.2) is 0 Å². The molecule has 1 saturated heterocycles. The molecule has 0 radical (unpaired) electrons. The first-order valence-electron chi connectivity index (χ1n) is 6.86. The van der Waals surface area contributed by atoms with Crippen LogP contribution in [0.3, 0.4) is 0 Å². The first-order chi connectivity index (χ1) is 8.58. The van der Waals surface area contributed by atoms with Gasteiger partial charge in [0.25, 0.3) is 0 Å². The van der Waals surface area contributed by atoms with Crippen LogP contribution in [0.15, 0.2) is 0 Å². The van der Waals surface area contributed by atoms with E-state index in [1.165, 1.54) is 12.8 Å². The van der Waals surface area contributed by atoms with E-state index in [4.69, 9.17) is 5.11 Å². The van der Waals surface area contributed by atoms with Crippen LogP contribution in [0.1, 0.15) is 39.0 Å². The fourth-order valence-corrected chi connectivity index (χ4v) is 2.97. The highest BCUT2D eigenvalue weighted by atomic mass is 16.4. The van der Waals surface area contributed by atoms with Gasteiger partial charge in [-0.25, -0.2) is 4.79 Å². The minimum Gasteiger partial charge on any atom is -0.481 e. The monoisotopic (exact) mass is 254 g/mol. The van der Waals surface area contributed by atoms with Crippen LogP contribution in [0, 0.1) is 11.8 Å². The largest absolute Gasteiger partial charge is 0.481 e.